The molecule has 0 aromatic rings. The smallest absolute Gasteiger partial charge is 0.317 e. The maximum absolute atomic E-state index is 12.5. The zero-order chi connectivity index (χ0) is 13.7. The maximum atomic E-state index is 12.5. The van der Waals surface area contributed by atoms with Gasteiger partial charge in [-0.25, -0.2) is 4.79 Å². The van der Waals surface area contributed by atoms with Crippen molar-refractivity contribution in [1.29, 1.82) is 0 Å². The van der Waals surface area contributed by atoms with Gasteiger partial charge in [0.15, 0.2) is 0 Å². The monoisotopic (exact) mass is 278 g/mol. The molecule has 4 aliphatic carbocycles. The molecule has 1 heterocycles. The average molecular weight is 278 g/mol. The molecule has 1 saturated heterocycles. The first-order valence-corrected chi connectivity index (χ1v) is 8.42. The highest BCUT2D eigenvalue weighted by atomic mass is 16.3. The Kier molecular flexibility index (Phi) is 3.17. The molecule has 0 radical (unpaired) electrons. The van der Waals surface area contributed by atoms with Crippen molar-refractivity contribution in [3.8, 4) is 0 Å². The van der Waals surface area contributed by atoms with Crippen LogP contribution in [0.2, 0.25) is 0 Å². The molecular formula is C16H26N2O2. The van der Waals surface area contributed by atoms with Crippen molar-refractivity contribution in [2.24, 2.45) is 23.7 Å². The van der Waals surface area contributed by atoms with Crippen molar-refractivity contribution < 1.29 is 9.90 Å². The van der Waals surface area contributed by atoms with Crippen LogP contribution in [-0.4, -0.2) is 41.3 Å². The molecule has 4 saturated carbocycles. The highest BCUT2D eigenvalue weighted by molar-refractivity contribution is 5.75. The molecule has 0 aromatic carbocycles. The summed E-state index contributed by atoms with van der Waals surface area (Å²) < 4.78 is 0. The molecule has 4 nitrogen and oxygen atoms in total. The van der Waals surface area contributed by atoms with Gasteiger partial charge in [0.05, 0.1) is 12.6 Å². The Labute approximate surface area is 120 Å². The zero-order valence-electron chi connectivity index (χ0n) is 12.1. The fourth-order valence-corrected chi connectivity index (χ4v) is 5.68. The third kappa shape index (κ3) is 2.03. The van der Waals surface area contributed by atoms with Gasteiger partial charge < -0.3 is 15.3 Å². The zero-order valence-corrected chi connectivity index (χ0v) is 12.1. The van der Waals surface area contributed by atoms with Gasteiger partial charge in [-0.1, -0.05) is 0 Å². The van der Waals surface area contributed by atoms with Crippen LogP contribution in [0.4, 0.5) is 4.79 Å². The fraction of sp³-hybridized carbons (Fsp3) is 0.938. The highest BCUT2D eigenvalue weighted by Gasteiger charge is 2.49. The number of urea groups is 1. The number of hydrogen-bond donors (Lipinski definition) is 2. The molecule has 1 atom stereocenters. The SMILES string of the molecule is O=C(NC1C2CC3CC(C2)CC1C3)N1CCCC1CO. The lowest BCUT2D eigenvalue weighted by Gasteiger charge is -2.54. The lowest BCUT2D eigenvalue weighted by Crippen LogP contribution is -2.58. The normalized spacial score (nSPS) is 46.0. The molecule has 4 bridgehead atoms. The Bertz CT molecular complexity index is 370. The van der Waals surface area contributed by atoms with E-state index in [2.05, 4.69) is 5.32 Å². The topological polar surface area (TPSA) is 52.6 Å². The average Bonchev–Trinajstić information content (AvgIpc) is 2.90. The van der Waals surface area contributed by atoms with Gasteiger partial charge in [-0.15, -0.1) is 0 Å². The predicted octanol–water partition coefficient (Wildman–Crippen LogP) is 1.98. The van der Waals surface area contributed by atoms with Crippen LogP contribution in [0.1, 0.15) is 44.9 Å². The van der Waals surface area contributed by atoms with Crippen LogP contribution in [-0.2, 0) is 0 Å². The van der Waals surface area contributed by atoms with Gasteiger partial charge in [0, 0.05) is 12.6 Å². The number of amides is 2. The van der Waals surface area contributed by atoms with E-state index in [1.54, 1.807) is 0 Å². The van der Waals surface area contributed by atoms with Crippen molar-refractivity contribution >= 4 is 6.03 Å². The molecule has 5 aliphatic rings. The predicted molar refractivity (Wildman–Crippen MR) is 76.2 cm³/mol. The standard InChI is InChI=1S/C16H26N2O2/c19-9-14-2-1-3-18(14)16(20)17-15-12-5-10-4-11(7-12)8-13(15)6-10/h10-15,19H,1-9H2,(H,17,20). The Morgan fingerprint density at radius 1 is 1.10 bits per heavy atom. The minimum absolute atomic E-state index is 0.0480. The third-order valence-corrected chi connectivity index (χ3v) is 6.37. The van der Waals surface area contributed by atoms with Crippen LogP contribution in [0.5, 0.6) is 0 Å². The van der Waals surface area contributed by atoms with Crippen LogP contribution in [0, 0.1) is 23.7 Å². The molecule has 20 heavy (non-hydrogen) atoms. The highest BCUT2D eigenvalue weighted by Crippen LogP contribution is 2.53. The van der Waals surface area contributed by atoms with E-state index in [1.807, 2.05) is 4.90 Å². The van der Waals surface area contributed by atoms with Crippen LogP contribution < -0.4 is 5.32 Å². The van der Waals surface area contributed by atoms with Gasteiger partial charge in [-0.05, 0) is 68.6 Å². The van der Waals surface area contributed by atoms with Crippen molar-refractivity contribution in [3.63, 3.8) is 0 Å². The molecule has 5 rings (SSSR count). The lowest BCUT2D eigenvalue weighted by atomic mass is 9.54. The second-order valence-corrected chi connectivity index (χ2v) is 7.58. The Morgan fingerprint density at radius 3 is 2.35 bits per heavy atom. The van der Waals surface area contributed by atoms with E-state index in [1.165, 1.54) is 32.1 Å². The number of aliphatic hydroxyl groups excluding tert-OH is 1. The minimum Gasteiger partial charge on any atom is -0.394 e. The molecule has 0 aromatic heterocycles. The molecular weight excluding hydrogens is 252 g/mol. The molecule has 1 unspecified atom stereocenters. The number of likely N-dealkylation sites (tertiary alicyclic amines) is 1. The first-order chi connectivity index (χ1) is 9.74. The van der Waals surface area contributed by atoms with Crippen molar-refractivity contribution in [3.05, 3.63) is 0 Å². The number of carbonyl (C=O) groups excluding carboxylic acids is 1. The summed E-state index contributed by atoms with van der Waals surface area (Å²) in [5.74, 6) is 3.35. The summed E-state index contributed by atoms with van der Waals surface area (Å²) >= 11 is 0. The Hall–Kier alpha value is -0.770. The maximum Gasteiger partial charge on any atom is 0.317 e. The van der Waals surface area contributed by atoms with E-state index in [-0.39, 0.29) is 18.7 Å². The van der Waals surface area contributed by atoms with E-state index in [0.29, 0.717) is 6.04 Å². The lowest BCUT2D eigenvalue weighted by molar-refractivity contribution is -0.0114. The summed E-state index contributed by atoms with van der Waals surface area (Å²) in [5, 5.41) is 12.7. The molecule has 2 amide bonds. The molecule has 2 N–H and O–H groups in total. The van der Waals surface area contributed by atoms with Gasteiger partial charge in [0.25, 0.3) is 0 Å². The number of rotatable bonds is 2. The Morgan fingerprint density at radius 2 is 1.75 bits per heavy atom. The Balaban J connectivity index is 1.43. The van der Waals surface area contributed by atoms with Gasteiger partial charge in [-0.2, -0.15) is 0 Å². The van der Waals surface area contributed by atoms with E-state index >= 15 is 0 Å². The second-order valence-electron chi connectivity index (χ2n) is 7.58. The summed E-state index contributed by atoms with van der Waals surface area (Å²) in [4.78, 5) is 14.4. The summed E-state index contributed by atoms with van der Waals surface area (Å²) in [7, 11) is 0. The van der Waals surface area contributed by atoms with E-state index in [0.717, 1.165) is 43.1 Å². The molecule has 1 aliphatic heterocycles. The van der Waals surface area contributed by atoms with Crippen molar-refractivity contribution in [2.45, 2.75) is 57.0 Å². The first kappa shape index (κ1) is 12.9. The van der Waals surface area contributed by atoms with Gasteiger partial charge in [0.1, 0.15) is 0 Å². The van der Waals surface area contributed by atoms with Gasteiger partial charge in [0.2, 0.25) is 0 Å². The first-order valence-electron chi connectivity index (χ1n) is 8.42. The van der Waals surface area contributed by atoms with Crippen molar-refractivity contribution in [1.82, 2.24) is 10.2 Å². The number of nitrogens with one attached hydrogen (secondary N) is 1. The van der Waals surface area contributed by atoms with E-state index in [4.69, 9.17) is 0 Å². The molecule has 5 fully saturated rings. The van der Waals surface area contributed by atoms with E-state index in [9.17, 15) is 9.90 Å². The number of carbonyl (C=O) groups is 1. The fourth-order valence-electron chi connectivity index (χ4n) is 5.68. The largest absolute Gasteiger partial charge is 0.394 e. The molecule has 112 valence electrons. The summed E-state index contributed by atoms with van der Waals surface area (Å²) in [5.41, 5.74) is 0. The summed E-state index contributed by atoms with van der Waals surface area (Å²) in [6.07, 6.45) is 8.77. The van der Waals surface area contributed by atoms with Gasteiger partial charge >= 0.3 is 6.03 Å². The quantitative estimate of drug-likeness (QED) is 0.811. The van der Waals surface area contributed by atoms with Crippen LogP contribution in [0.25, 0.3) is 0 Å². The van der Waals surface area contributed by atoms with Crippen LogP contribution >= 0.6 is 0 Å². The molecule has 0 spiro atoms. The van der Waals surface area contributed by atoms with Crippen molar-refractivity contribution in [2.75, 3.05) is 13.2 Å². The number of hydrogen-bond acceptors (Lipinski definition) is 2. The summed E-state index contributed by atoms with van der Waals surface area (Å²) in [6.45, 7) is 0.916. The van der Waals surface area contributed by atoms with Crippen LogP contribution in [0.15, 0.2) is 0 Å². The third-order valence-electron chi connectivity index (χ3n) is 6.37. The number of nitrogens with zero attached hydrogens (tertiary/aromatic N) is 1. The van der Waals surface area contributed by atoms with Crippen LogP contribution in [0.3, 0.4) is 0 Å². The minimum atomic E-state index is 0.0480. The second kappa shape index (κ2) is 4.90. The summed E-state index contributed by atoms with van der Waals surface area (Å²) in [6, 6.07) is 0.543. The van der Waals surface area contributed by atoms with Gasteiger partial charge in [-0.3, -0.25) is 0 Å². The van der Waals surface area contributed by atoms with E-state index < -0.39 is 0 Å². The molecule has 4 heteroatoms. The number of aliphatic hydroxyl groups is 1.